The van der Waals surface area contributed by atoms with Crippen molar-refractivity contribution in [1.82, 2.24) is 25.0 Å². The normalized spacial score (nSPS) is 20.3. The van der Waals surface area contributed by atoms with Crippen molar-refractivity contribution in [2.24, 2.45) is 0 Å². The number of fused-ring (bicyclic) bond motifs is 1. The Bertz CT molecular complexity index is 1430. The van der Waals surface area contributed by atoms with E-state index >= 15 is 4.39 Å². The van der Waals surface area contributed by atoms with E-state index < -0.39 is 23.7 Å². The highest BCUT2D eigenvalue weighted by Gasteiger charge is 2.41. The highest BCUT2D eigenvalue weighted by Crippen LogP contribution is 2.32. The van der Waals surface area contributed by atoms with Crippen molar-refractivity contribution in [3.8, 4) is 0 Å². The smallest absolute Gasteiger partial charge is 0.258 e. The number of hydrogen-bond acceptors (Lipinski definition) is 6. The zero-order valence-corrected chi connectivity index (χ0v) is 21.8. The molecule has 1 aromatic heterocycles. The topological polar surface area (TPSA) is 103 Å². The van der Waals surface area contributed by atoms with Gasteiger partial charge in [-0.05, 0) is 41.8 Å². The number of nitrogens with one attached hydrogen (secondary N) is 1. The van der Waals surface area contributed by atoms with Gasteiger partial charge >= 0.3 is 0 Å². The highest BCUT2D eigenvalue weighted by molar-refractivity contribution is 6.06. The van der Waals surface area contributed by atoms with Gasteiger partial charge in [-0.25, -0.2) is 4.39 Å². The fourth-order valence-corrected chi connectivity index (χ4v) is 5.89. The van der Waals surface area contributed by atoms with Crippen LogP contribution in [0.1, 0.15) is 56.4 Å². The summed E-state index contributed by atoms with van der Waals surface area (Å²) in [6.07, 6.45) is 2.07. The van der Waals surface area contributed by atoms with Gasteiger partial charge in [-0.2, -0.15) is 0 Å². The van der Waals surface area contributed by atoms with Crippen LogP contribution in [0.15, 0.2) is 66.9 Å². The number of hydrogen-bond donors (Lipinski definition) is 1. The van der Waals surface area contributed by atoms with Crippen molar-refractivity contribution in [3.05, 3.63) is 101 Å². The molecule has 1 N–H and O–H groups in total. The van der Waals surface area contributed by atoms with Gasteiger partial charge in [-0.1, -0.05) is 36.4 Å². The Hall–Kier alpha value is -4.44. The standard InChI is InChI=1S/C30H28FN5O4/c31-22-17-20(16-21-18-36(30(40)26(21)22)24-9-10-25(37)33-28(24)38)29(39)35-14-12-34(13-15-35)27(19-6-2-1-3-7-19)23-8-4-5-11-32-23/h1-8,11,16-17,24,27H,9-10,12-15,18H2,(H,33,37,38). The van der Waals surface area contributed by atoms with Crippen LogP contribution in [0.2, 0.25) is 0 Å². The summed E-state index contributed by atoms with van der Waals surface area (Å²) in [6, 6.07) is 17.7. The predicted molar refractivity (Wildman–Crippen MR) is 142 cm³/mol. The van der Waals surface area contributed by atoms with Crippen molar-refractivity contribution in [2.45, 2.75) is 31.5 Å². The van der Waals surface area contributed by atoms with E-state index in [0.717, 1.165) is 17.3 Å². The molecule has 3 aliphatic heterocycles. The largest absolute Gasteiger partial charge is 0.336 e. The number of amides is 4. The first-order valence-electron chi connectivity index (χ1n) is 13.4. The van der Waals surface area contributed by atoms with E-state index in [2.05, 4.69) is 27.3 Å². The number of rotatable bonds is 5. The lowest BCUT2D eigenvalue weighted by atomic mass is 10.00. The van der Waals surface area contributed by atoms with Gasteiger partial charge < -0.3 is 9.80 Å². The minimum Gasteiger partial charge on any atom is -0.336 e. The van der Waals surface area contributed by atoms with E-state index in [1.807, 2.05) is 36.4 Å². The minimum atomic E-state index is -0.846. The number of aromatic nitrogens is 1. The van der Waals surface area contributed by atoms with E-state index in [-0.39, 0.29) is 48.4 Å². The number of imide groups is 1. The van der Waals surface area contributed by atoms with Gasteiger partial charge in [0.25, 0.3) is 11.8 Å². The summed E-state index contributed by atoms with van der Waals surface area (Å²) in [5.41, 5.74) is 2.47. The Balaban J connectivity index is 1.17. The first kappa shape index (κ1) is 25.8. The van der Waals surface area contributed by atoms with Crippen LogP contribution in [0.3, 0.4) is 0 Å². The van der Waals surface area contributed by atoms with E-state index in [1.165, 1.54) is 4.90 Å². The highest BCUT2D eigenvalue weighted by atomic mass is 19.1. The molecule has 3 aromatic rings. The van der Waals surface area contributed by atoms with Crippen LogP contribution < -0.4 is 5.32 Å². The molecule has 2 aromatic carbocycles. The van der Waals surface area contributed by atoms with Crippen LogP contribution in [-0.4, -0.2) is 75.5 Å². The summed E-state index contributed by atoms with van der Waals surface area (Å²) < 4.78 is 15.2. The van der Waals surface area contributed by atoms with Crippen LogP contribution in [0.4, 0.5) is 4.39 Å². The maximum absolute atomic E-state index is 15.2. The SMILES string of the molecule is O=C1CCC(N2Cc3cc(C(=O)N4CCN(C(c5ccccc5)c5ccccn5)CC4)cc(F)c3C2=O)C(=O)N1. The van der Waals surface area contributed by atoms with Gasteiger partial charge in [-0.3, -0.25) is 34.4 Å². The van der Waals surface area contributed by atoms with Crippen molar-refractivity contribution < 1.29 is 23.6 Å². The van der Waals surface area contributed by atoms with Gasteiger partial charge in [0.1, 0.15) is 11.9 Å². The molecule has 4 amide bonds. The predicted octanol–water partition coefficient (Wildman–Crippen LogP) is 2.53. The number of pyridine rings is 1. The molecule has 40 heavy (non-hydrogen) atoms. The van der Waals surface area contributed by atoms with Gasteiger partial charge in [0.15, 0.2) is 0 Å². The summed E-state index contributed by atoms with van der Waals surface area (Å²) in [5, 5.41) is 2.24. The number of halogens is 1. The molecule has 2 saturated heterocycles. The summed E-state index contributed by atoms with van der Waals surface area (Å²) in [4.78, 5) is 60.1. The van der Waals surface area contributed by atoms with Crippen molar-refractivity contribution in [2.75, 3.05) is 26.2 Å². The number of carbonyl (C=O) groups is 4. The number of benzene rings is 2. The average Bonchev–Trinajstić information content (AvgIpc) is 3.30. The molecule has 10 heteroatoms. The molecule has 3 aliphatic rings. The Morgan fingerprint density at radius 3 is 2.42 bits per heavy atom. The third-order valence-electron chi connectivity index (χ3n) is 7.87. The van der Waals surface area contributed by atoms with Crippen LogP contribution in [0.5, 0.6) is 0 Å². The maximum atomic E-state index is 15.2. The molecule has 9 nitrogen and oxygen atoms in total. The third-order valence-corrected chi connectivity index (χ3v) is 7.87. The van der Waals surface area contributed by atoms with Gasteiger partial charge in [0, 0.05) is 50.9 Å². The maximum Gasteiger partial charge on any atom is 0.258 e. The Labute approximate surface area is 230 Å². The monoisotopic (exact) mass is 541 g/mol. The number of nitrogens with zero attached hydrogens (tertiary/aromatic N) is 4. The number of carbonyl (C=O) groups excluding carboxylic acids is 4. The first-order valence-corrected chi connectivity index (χ1v) is 13.4. The molecule has 4 heterocycles. The lowest BCUT2D eigenvalue weighted by molar-refractivity contribution is -0.136. The minimum absolute atomic E-state index is 0.00902. The van der Waals surface area contributed by atoms with Gasteiger partial charge in [0.2, 0.25) is 11.8 Å². The first-order chi connectivity index (χ1) is 19.4. The van der Waals surface area contributed by atoms with Crippen LogP contribution in [-0.2, 0) is 16.1 Å². The van der Waals surface area contributed by atoms with E-state index in [4.69, 9.17) is 0 Å². The molecule has 2 unspecified atom stereocenters. The molecule has 2 atom stereocenters. The quantitative estimate of drug-likeness (QED) is 0.498. The summed E-state index contributed by atoms with van der Waals surface area (Å²) in [6.45, 7) is 2.13. The van der Waals surface area contributed by atoms with E-state index in [1.54, 1.807) is 17.2 Å². The zero-order valence-electron chi connectivity index (χ0n) is 21.8. The van der Waals surface area contributed by atoms with Crippen molar-refractivity contribution in [3.63, 3.8) is 0 Å². The van der Waals surface area contributed by atoms with Crippen molar-refractivity contribution >= 4 is 23.6 Å². The lowest BCUT2D eigenvalue weighted by Crippen LogP contribution is -2.52. The molecule has 2 fully saturated rings. The second-order valence-corrected chi connectivity index (χ2v) is 10.3. The molecular formula is C30H28FN5O4. The molecule has 0 bridgehead atoms. The summed E-state index contributed by atoms with van der Waals surface area (Å²) in [5.74, 6) is -2.64. The van der Waals surface area contributed by atoms with Crippen LogP contribution in [0, 0.1) is 5.82 Å². The second kappa shape index (κ2) is 10.6. The summed E-state index contributed by atoms with van der Waals surface area (Å²) in [7, 11) is 0. The molecule has 0 spiro atoms. The molecule has 0 saturated carbocycles. The van der Waals surface area contributed by atoms with Gasteiger partial charge in [-0.15, -0.1) is 0 Å². The van der Waals surface area contributed by atoms with Crippen molar-refractivity contribution in [1.29, 1.82) is 0 Å². The number of piperidine rings is 1. The Kier molecular flexibility index (Phi) is 6.85. The molecule has 6 rings (SSSR count). The number of piperazine rings is 1. The van der Waals surface area contributed by atoms with Crippen LogP contribution in [0.25, 0.3) is 0 Å². The van der Waals surface area contributed by atoms with Crippen LogP contribution >= 0.6 is 0 Å². The lowest BCUT2D eigenvalue weighted by Gasteiger charge is -2.39. The Morgan fingerprint density at radius 2 is 1.73 bits per heavy atom. The van der Waals surface area contributed by atoms with Gasteiger partial charge in [0.05, 0.1) is 17.3 Å². The Morgan fingerprint density at radius 1 is 0.975 bits per heavy atom. The fourth-order valence-electron chi connectivity index (χ4n) is 5.89. The molecular weight excluding hydrogens is 513 g/mol. The molecule has 0 aliphatic carbocycles. The fraction of sp³-hybridized carbons (Fsp3) is 0.300. The third kappa shape index (κ3) is 4.75. The second-order valence-electron chi connectivity index (χ2n) is 10.3. The molecule has 204 valence electrons. The average molecular weight is 542 g/mol. The van der Waals surface area contributed by atoms with E-state index in [0.29, 0.717) is 31.7 Å². The zero-order chi connectivity index (χ0) is 27.8. The summed E-state index contributed by atoms with van der Waals surface area (Å²) >= 11 is 0. The molecule has 0 radical (unpaired) electrons. The van der Waals surface area contributed by atoms with E-state index in [9.17, 15) is 19.2 Å².